The van der Waals surface area contributed by atoms with E-state index in [0.717, 1.165) is 17.4 Å². The zero-order chi connectivity index (χ0) is 25.1. The van der Waals surface area contributed by atoms with E-state index >= 15 is 0 Å². The molecule has 1 unspecified atom stereocenters. The molecule has 0 radical (unpaired) electrons. The normalized spacial score (nSPS) is 15.5. The van der Waals surface area contributed by atoms with Gasteiger partial charge in [-0.3, -0.25) is 29.2 Å². The second-order valence-corrected chi connectivity index (χ2v) is 8.82. The van der Waals surface area contributed by atoms with Crippen molar-refractivity contribution in [2.45, 2.75) is 18.6 Å². The van der Waals surface area contributed by atoms with Gasteiger partial charge in [-0.15, -0.1) is 0 Å². The molecule has 2 heterocycles. The van der Waals surface area contributed by atoms with Gasteiger partial charge in [0.25, 0.3) is 10.8 Å². The smallest absolute Gasteiger partial charge is 0.312 e. The van der Waals surface area contributed by atoms with Gasteiger partial charge in [0.2, 0.25) is 5.91 Å². The second-order valence-electron chi connectivity index (χ2n) is 7.64. The number of methoxy groups -OCH3 is 1. The number of carbonyl (C=O) groups excluding carboxylic acids is 3. The minimum absolute atomic E-state index is 0.159. The Hall–Kier alpha value is -4.12. The topological polar surface area (TPSA) is 121 Å². The number of imide groups is 1. The number of para-hydroxylation sites is 1. The van der Waals surface area contributed by atoms with Crippen molar-refractivity contribution in [1.82, 2.24) is 14.7 Å². The highest BCUT2D eigenvalue weighted by molar-refractivity contribution is 8.15. The molecule has 1 aliphatic rings. The third-order valence-electron chi connectivity index (χ3n) is 5.40. The van der Waals surface area contributed by atoms with Gasteiger partial charge in [0.15, 0.2) is 17.2 Å². The highest BCUT2D eigenvalue weighted by Crippen LogP contribution is 2.29. The number of nitrogens with one attached hydrogen (secondary N) is 1. The number of hydrogen-bond acceptors (Lipinski definition) is 8. The number of rotatable bonds is 7. The Labute approximate surface area is 204 Å². The molecule has 1 fully saturated rings. The quantitative estimate of drug-likeness (QED) is 0.305. The third kappa shape index (κ3) is 5.04. The summed E-state index contributed by atoms with van der Waals surface area (Å²) < 4.78 is 13.9. The first-order chi connectivity index (χ1) is 16.8. The first-order valence-corrected chi connectivity index (χ1v) is 11.4. The SMILES string of the molecule is COc1cc(C=Nc2c(C)n(C)n(-c3ccccc3)c2=O)ccc1OC(=O)CC1SC(=O)NC1=O. The van der Waals surface area contributed by atoms with Gasteiger partial charge < -0.3 is 9.47 Å². The molecule has 11 heteroatoms. The van der Waals surface area contributed by atoms with E-state index in [1.807, 2.05) is 37.3 Å². The van der Waals surface area contributed by atoms with Crippen LogP contribution in [0.4, 0.5) is 10.5 Å². The molecule has 0 bridgehead atoms. The van der Waals surface area contributed by atoms with Crippen LogP contribution in [0.25, 0.3) is 5.69 Å². The van der Waals surface area contributed by atoms with Gasteiger partial charge >= 0.3 is 5.97 Å². The Morgan fingerprint density at radius 3 is 2.54 bits per heavy atom. The van der Waals surface area contributed by atoms with Crippen molar-refractivity contribution in [3.8, 4) is 17.2 Å². The van der Waals surface area contributed by atoms with E-state index in [4.69, 9.17) is 9.47 Å². The molecule has 0 saturated carbocycles. The Balaban J connectivity index is 1.53. The summed E-state index contributed by atoms with van der Waals surface area (Å²) in [4.78, 5) is 52.6. The molecule has 0 aliphatic carbocycles. The molecular formula is C24H22N4O6S. The van der Waals surface area contributed by atoms with Crippen LogP contribution in [0.15, 0.2) is 58.3 Å². The number of ether oxygens (including phenoxy) is 2. The molecule has 1 atom stereocenters. The predicted octanol–water partition coefficient (Wildman–Crippen LogP) is 2.89. The van der Waals surface area contributed by atoms with E-state index < -0.39 is 22.4 Å². The van der Waals surface area contributed by atoms with Crippen LogP contribution in [-0.2, 0) is 16.6 Å². The van der Waals surface area contributed by atoms with Crippen molar-refractivity contribution in [3.63, 3.8) is 0 Å². The van der Waals surface area contributed by atoms with Crippen molar-refractivity contribution in [3.05, 3.63) is 70.1 Å². The number of esters is 1. The maximum Gasteiger partial charge on any atom is 0.312 e. The van der Waals surface area contributed by atoms with Crippen LogP contribution < -0.4 is 20.3 Å². The fourth-order valence-corrected chi connectivity index (χ4v) is 4.34. The molecule has 1 aromatic heterocycles. The van der Waals surface area contributed by atoms with Gasteiger partial charge in [-0.05, 0) is 42.8 Å². The maximum atomic E-state index is 13.0. The predicted molar refractivity (Wildman–Crippen MR) is 131 cm³/mol. The van der Waals surface area contributed by atoms with Crippen LogP contribution in [0.5, 0.6) is 11.5 Å². The lowest BCUT2D eigenvalue weighted by Crippen LogP contribution is -2.27. The standard InChI is InChI=1S/C24H22N4O6S/c1-14-21(23(31)28(27(14)2)16-7-5-4-6-8-16)25-13-15-9-10-17(18(11-15)33-3)34-20(29)12-19-22(30)26-24(32)35-19/h4-11,13,19H,12H2,1-3H3,(H,26,30,32). The molecule has 180 valence electrons. The van der Waals surface area contributed by atoms with Gasteiger partial charge in [-0.1, -0.05) is 30.0 Å². The largest absolute Gasteiger partial charge is 0.493 e. The Bertz CT molecular complexity index is 1390. The average molecular weight is 495 g/mol. The Morgan fingerprint density at radius 2 is 1.89 bits per heavy atom. The highest BCUT2D eigenvalue weighted by atomic mass is 32.2. The third-order valence-corrected chi connectivity index (χ3v) is 6.38. The van der Waals surface area contributed by atoms with Crippen molar-refractivity contribution in [2.24, 2.45) is 12.0 Å². The lowest BCUT2D eigenvalue weighted by molar-refractivity contribution is -0.136. The van der Waals surface area contributed by atoms with Crippen LogP contribution in [0.1, 0.15) is 17.7 Å². The van der Waals surface area contributed by atoms with Gasteiger partial charge in [0.05, 0.1) is 24.9 Å². The highest BCUT2D eigenvalue weighted by Gasteiger charge is 2.34. The fraction of sp³-hybridized carbons (Fsp3) is 0.208. The van der Waals surface area contributed by atoms with Crippen LogP contribution in [0.3, 0.4) is 0 Å². The number of nitrogens with zero attached hydrogens (tertiary/aromatic N) is 3. The van der Waals surface area contributed by atoms with E-state index in [9.17, 15) is 19.2 Å². The minimum Gasteiger partial charge on any atom is -0.493 e. The zero-order valence-electron chi connectivity index (χ0n) is 19.2. The summed E-state index contributed by atoms with van der Waals surface area (Å²) in [5.74, 6) is -0.758. The summed E-state index contributed by atoms with van der Waals surface area (Å²) in [7, 11) is 3.21. The summed E-state index contributed by atoms with van der Waals surface area (Å²) >= 11 is 0.755. The minimum atomic E-state index is -0.818. The number of amides is 2. The molecule has 1 saturated heterocycles. The van der Waals surface area contributed by atoms with E-state index in [2.05, 4.69) is 10.3 Å². The maximum absolute atomic E-state index is 13.0. The first kappa shape index (κ1) is 24.0. The molecule has 3 aromatic rings. The summed E-state index contributed by atoms with van der Waals surface area (Å²) in [5, 5.41) is 0.823. The summed E-state index contributed by atoms with van der Waals surface area (Å²) in [6.07, 6.45) is 1.27. The molecule has 1 aliphatic heterocycles. The zero-order valence-corrected chi connectivity index (χ0v) is 20.0. The van der Waals surface area contributed by atoms with Crippen LogP contribution >= 0.6 is 11.8 Å². The number of aromatic nitrogens is 2. The molecule has 2 amide bonds. The van der Waals surface area contributed by atoms with Crippen molar-refractivity contribution in [2.75, 3.05) is 7.11 Å². The monoisotopic (exact) mass is 494 g/mol. The molecule has 0 spiro atoms. The van der Waals surface area contributed by atoms with Crippen molar-refractivity contribution < 1.29 is 23.9 Å². The van der Waals surface area contributed by atoms with Gasteiger partial charge in [0.1, 0.15) is 5.25 Å². The molecule has 1 N–H and O–H groups in total. The lowest BCUT2D eigenvalue weighted by atomic mass is 10.2. The van der Waals surface area contributed by atoms with Crippen molar-refractivity contribution in [1.29, 1.82) is 0 Å². The number of aliphatic imine (C=N–C) groups is 1. The summed E-state index contributed by atoms with van der Waals surface area (Å²) in [6, 6.07) is 14.1. The van der Waals surface area contributed by atoms with Crippen LogP contribution in [-0.4, -0.2) is 45.1 Å². The average Bonchev–Trinajstić information content (AvgIpc) is 3.26. The first-order valence-electron chi connectivity index (χ1n) is 10.6. The van der Waals surface area contributed by atoms with E-state index in [-0.39, 0.29) is 23.5 Å². The summed E-state index contributed by atoms with van der Waals surface area (Å²) in [5.41, 5.74) is 2.09. The van der Waals surface area contributed by atoms with E-state index in [1.54, 1.807) is 28.5 Å². The molecule has 10 nitrogen and oxygen atoms in total. The Morgan fingerprint density at radius 1 is 1.14 bits per heavy atom. The molecule has 2 aromatic carbocycles. The molecule has 35 heavy (non-hydrogen) atoms. The number of thioether (sulfide) groups is 1. The molecular weight excluding hydrogens is 472 g/mol. The Kier molecular flexibility index (Phi) is 6.87. The summed E-state index contributed by atoms with van der Waals surface area (Å²) in [6.45, 7) is 1.81. The molecule has 4 rings (SSSR count). The van der Waals surface area contributed by atoms with E-state index in [0.29, 0.717) is 16.9 Å². The van der Waals surface area contributed by atoms with E-state index in [1.165, 1.54) is 19.4 Å². The van der Waals surface area contributed by atoms with Gasteiger partial charge in [-0.2, -0.15) is 0 Å². The number of hydrogen-bond donors (Lipinski definition) is 1. The van der Waals surface area contributed by atoms with Crippen LogP contribution in [0, 0.1) is 6.92 Å². The number of carbonyl (C=O) groups is 3. The number of benzene rings is 2. The van der Waals surface area contributed by atoms with Crippen molar-refractivity contribution >= 4 is 40.8 Å². The fourth-order valence-electron chi connectivity index (χ4n) is 3.53. The van der Waals surface area contributed by atoms with Gasteiger partial charge in [0, 0.05) is 13.3 Å². The van der Waals surface area contributed by atoms with Gasteiger partial charge in [-0.25, -0.2) is 9.67 Å². The second kappa shape index (κ2) is 10.0. The van der Waals surface area contributed by atoms with Crippen LogP contribution in [0.2, 0.25) is 0 Å². The lowest BCUT2D eigenvalue weighted by Gasteiger charge is -2.10.